The molecule has 0 radical (unpaired) electrons. The molecule has 3 heteroatoms. The lowest BCUT2D eigenvalue weighted by molar-refractivity contribution is -0.142. The van der Waals surface area contributed by atoms with E-state index in [-0.39, 0.29) is 11.8 Å². The molecule has 1 N–H and O–H groups in total. The summed E-state index contributed by atoms with van der Waals surface area (Å²) in [5.74, 6) is -0.00629. The first-order chi connectivity index (χ1) is 9.24. The summed E-state index contributed by atoms with van der Waals surface area (Å²) in [6.45, 7) is 2.57. The number of para-hydroxylation sites is 1. The highest BCUT2D eigenvalue weighted by atomic mass is 16.5. The van der Waals surface area contributed by atoms with E-state index in [9.17, 15) is 9.90 Å². The highest BCUT2D eigenvalue weighted by Gasteiger charge is 2.32. The third-order valence-electron chi connectivity index (χ3n) is 3.95. The topological polar surface area (TPSA) is 46.5 Å². The average Bonchev–Trinajstić information content (AvgIpc) is 2.65. The Morgan fingerprint density at radius 1 is 1.26 bits per heavy atom. The van der Waals surface area contributed by atoms with Gasteiger partial charge in [0, 0.05) is 5.92 Å². The SMILES string of the molecule is CCOc1ccccc1C1CCCCCC1C(=O)O. The fourth-order valence-electron chi connectivity index (χ4n) is 3.05. The second-order valence-electron chi connectivity index (χ2n) is 5.16. The van der Waals surface area contributed by atoms with Crippen LogP contribution in [0.25, 0.3) is 0 Å². The zero-order valence-electron chi connectivity index (χ0n) is 11.5. The first kappa shape index (κ1) is 13.9. The summed E-state index contributed by atoms with van der Waals surface area (Å²) in [5.41, 5.74) is 1.07. The molecule has 2 atom stereocenters. The zero-order chi connectivity index (χ0) is 13.7. The fraction of sp³-hybridized carbons (Fsp3) is 0.562. The quantitative estimate of drug-likeness (QED) is 0.839. The van der Waals surface area contributed by atoms with Gasteiger partial charge in [-0.2, -0.15) is 0 Å². The number of aliphatic carboxylic acids is 1. The van der Waals surface area contributed by atoms with Gasteiger partial charge < -0.3 is 9.84 Å². The van der Waals surface area contributed by atoms with Crippen molar-refractivity contribution in [1.82, 2.24) is 0 Å². The van der Waals surface area contributed by atoms with Gasteiger partial charge in [0.15, 0.2) is 0 Å². The first-order valence-corrected chi connectivity index (χ1v) is 7.18. The monoisotopic (exact) mass is 262 g/mol. The van der Waals surface area contributed by atoms with E-state index in [1.807, 2.05) is 31.2 Å². The number of rotatable bonds is 4. The average molecular weight is 262 g/mol. The molecule has 0 saturated heterocycles. The van der Waals surface area contributed by atoms with Crippen LogP contribution in [0.15, 0.2) is 24.3 Å². The van der Waals surface area contributed by atoms with Gasteiger partial charge in [0.05, 0.1) is 12.5 Å². The molecule has 104 valence electrons. The van der Waals surface area contributed by atoms with Crippen LogP contribution < -0.4 is 4.74 Å². The molecule has 19 heavy (non-hydrogen) atoms. The minimum absolute atomic E-state index is 0.0859. The van der Waals surface area contributed by atoms with E-state index >= 15 is 0 Å². The van der Waals surface area contributed by atoms with Crippen LogP contribution in [0.1, 0.15) is 50.5 Å². The molecule has 2 rings (SSSR count). The second kappa shape index (κ2) is 6.60. The van der Waals surface area contributed by atoms with Crippen LogP contribution in [0.2, 0.25) is 0 Å². The van der Waals surface area contributed by atoms with Crippen molar-refractivity contribution in [3.05, 3.63) is 29.8 Å². The van der Waals surface area contributed by atoms with Crippen LogP contribution in [0.4, 0.5) is 0 Å². The molecule has 0 aliphatic heterocycles. The van der Waals surface area contributed by atoms with Crippen LogP contribution >= 0.6 is 0 Å². The molecule has 0 spiro atoms. The van der Waals surface area contributed by atoms with Crippen molar-refractivity contribution in [3.63, 3.8) is 0 Å². The molecule has 2 unspecified atom stereocenters. The van der Waals surface area contributed by atoms with E-state index in [1.165, 1.54) is 0 Å². The van der Waals surface area contributed by atoms with E-state index in [2.05, 4.69) is 0 Å². The Balaban J connectivity index is 2.32. The molecule has 3 nitrogen and oxygen atoms in total. The third-order valence-corrected chi connectivity index (χ3v) is 3.95. The highest BCUT2D eigenvalue weighted by Crippen LogP contribution is 2.40. The summed E-state index contributed by atoms with van der Waals surface area (Å²) in [5, 5.41) is 9.47. The van der Waals surface area contributed by atoms with Gasteiger partial charge in [0.1, 0.15) is 5.75 Å². The zero-order valence-corrected chi connectivity index (χ0v) is 11.5. The molecule has 1 aliphatic carbocycles. The van der Waals surface area contributed by atoms with E-state index in [0.29, 0.717) is 6.61 Å². The molecule has 1 aromatic carbocycles. The smallest absolute Gasteiger partial charge is 0.307 e. The van der Waals surface area contributed by atoms with Gasteiger partial charge in [0.2, 0.25) is 0 Å². The summed E-state index contributed by atoms with van der Waals surface area (Å²) in [6, 6.07) is 7.89. The molecule has 0 amide bonds. The largest absolute Gasteiger partial charge is 0.494 e. The summed E-state index contributed by atoms with van der Waals surface area (Å²) >= 11 is 0. The summed E-state index contributed by atoms with van der Waals surface area (Å²) in [4.78, 5) is 11.5. The minimum Gasteiger partial charge on any atom is -0.494 e. The maximum Gasteiger partial charge on any atom is 0.307 e. The van der Waals surface area contributed by atoms with Crippen LogP contribution in [0.3, 0.4) is 0 Å². The molecule has 0 heterocycles. The highest BCUT2D eigenvalue weighted by molar-refractivity contribution is 5.71. The molecule has 1 fully saturated rings. The van der Waals surface area contributed by atoms with Crippen LogP contribution in [0.5, 0.6) is 5.75 Å². The maximum atomic E-state index is 11.5. The van der Waals surface area contributed by atoms with Gasteiger partial charge in [-0.15, -0.1) is 0 Å². The lowest BCUT2D eigenvalue weighted by Gasteiger charge is -2.24. The van der Waals surface area contributed by atoms with Crippen LogP contribution in [0, 0.1) is 5.92 Å². The van der Waals surface area contributed by atoms with Crippen molar-refractivity contribution in [1.29, 1.82) is 0 Å². The summed E-state index contributed by atoms with van der Waals surface area (Å²) in [6.07, 6.45) is 4.98. The second-order valence-corrected chi connectivity index (χ2v) is 5.16. The van der Waals surface area contributed by atoms with E-state index in [1.54, 1.807) is 0 Å². The molecular weight excluding hydrogens is 240 g/mol. The van der Waals surface area contributed by atoms with Gasteiger partial charge in [-0.1, -0.05) is 37.5 Å². The van der Waals surface area contributed by atoms with Crippen molar-refractivity contribution >= 4 is 5.97 Å². The number of benzene rings is 1. The van der Waals surface area contributed by atoms with Crippen LogP contribution in [-0.2, 0) is 4.79 Å². The van der Waals surface area contributed by atoms with E-state index < -0.39 is 5.97 Å². The standard InChI is InChI=1S/C16H22O3/c1-2-19-15-11-7-6-9-13(15)12-8-4-3-5-10-14(12)16(17)18/h6-7,9,11-12,14H,2-5,8,10H2,1H3,(H,17,18). The van der Waals surface area contributed by atoms with Crippen molar-refractivity contribution in [2.45, 2.75) is 44.9 Å². The first-order valence-electron chi connectivity index (χ1n) is 7.18. The van der Waals surface area contributed by atoms with E-state index in [4.69, 9.17) is 4.74 Å². The summed E-state index contributed by atoms with van der Waals surface area (Å²) in [7, 11) is 0. The Labute approximate surface area is 114 Å². The number of ether oxygens (including phenoxy) is 1. The van der Waals surface area contributed by atoms with Gasteiger partial charge in [-0.05, 0) is 31.4 Å². The Bertz CT molecular complexity index is 428. The Morgan fingerprint density at radius 2 is 2.00 bits per heavy atom. The Hall–Kier alpha value is -1.51. The number of carbonyl (C=O) groups is 1. The molecule has 1 saturated carbocycles. The van der Waals surface area contributed by atoms with Gasteiger partial charge in [-0.25, -0.2) is 0 Å². The van der Waals surface area contributed by atoms with Crippen molar-refractivity contribution < 1.29 is 14.6 Å². The number of hydrogen-bond donors (Lipinski definition) is 1. The van der Waals surface area contributed by atoms with Gasteiger partial charge in [-0.3, -0.25) is 4.79 Å². The molecule has 0 bridgehead atoms. The molecular formula is C16H22O3. The van der Waals surface area contributed by atoms with Gasteiger partial charge >= 0.3 is 5.97 Å². The lowest BCUT2D eigenvalue weighted by Crippen LogP contribution is -2.21. The third kappa shape index (κ3) is 3.28. The predicted molar refractivity (Wildman–Crippen MR) is 74.6 cm³/mol. The fourth-order valence-corrected chi connectivity index (χ4v) is 3.05. The Morgan fingerprint density at radius 3 is 2.74 bits per heavy atom. The van der Waals surface area contributed by atoms with Crippen molar-refractivity contribution in [2.75, 3.05) is 6.61 Å². The maximum absolute atomic E-state index is 11.5. The predicted octanol–water partition coefficient (Wildman–Crippen LogP) is 3.83. The molecule has 1 aliphatic rings. The Kier molecular flexibility index (Phi) is 4.83. The number of carboxylic acids is 1. The van der Waals surface area contributed by atoms with E-state index in [0.717, 1.165) is 43.4 Å². The lowest BCUT2D eigenvalue weighted by atomic mass is 9.82. The number of hydrogen-bond acceptors (Lipinski definition) is 2. The normalized spacial score (nSPS) is 23.6. The minimum atomic E-state index is -0.668. The van der Waals surface area contributed by atoms with Crippen molar-refractivity contribution in [2.24, 2.45) is 5.92 Å². The van der Waals surface area contributed by atoms with Crippen LogP contribution in [-0.4, -0.2) is 17.7 Å². The van der Waals surface area contributed by atoms with Crippen molar-refractivity contribution in [3.8, 4) is 5.75 Å². The molecule has 0 aromatic heterocycles. The molecule has 1 aromatic rings. The summed E-state index contributed by atoms with van der Waals surface area (Å²) < 4.78 is 5.67. The van der Waals surface area contributed by atoms with Gasteiger partial charge in [0.25, 0.3) is 0 Å². The number of carboxylic acid groups (broad SMARTS) is 1.